The molecule has 1 spiro atoms. The van der Waals surface area contributed by atoms with Gasteiger partial charge in [0.15, 0.2) is 0 Å². The van der Waals surface area contributed by atoms with Crippen molar-refractivity contribution >= 4 is 35.0 Å². The lowest BCUT2D eigenvalue weighted by Crippen LogP contribution is -2.25. The molecule has 5 rings (SSSR count). The van der Waals surface area contributed by atoms with Crippen LogP contribution in [0, 0.1) is 6.92 Å². The second-order valence-corrected chi connectivity index (χ2v) is 9.81. The first-order valence-electron chi connectivity index (χ1n) is 10.5. The molecule has 0 fully saturated rings. The van der Waals surface area contributed by atoms with Crippen LogP contribution in [0.25, 0.3) is 0 Å². The highest BCUT2D eigenvalue weighted by atomic mass is 35.5. The maximum absolute atomic E-state index is 12.8. The van der Waals surface area contributed by atoms with Crippen molar-refractivity contribution in [2.45, 2.75) is 42.9 Å². The Bertz CT molecular complexity index is 1120. The molecule has 0 radical (unpaired) electrons. The van der Waals surface area contributed by atoms with Crippen molar-refractivity contribution in [1.29, 1.82) is 0 Å². The molecule has 0 unspecified atom stereocenters. The highest BCUT2D eigenvalue weighted by Gasteiger charge is 2.46. The number of hydrogen-bond acceptors (Lipinski definition) is 2. The fourth-order valence-electron chi connectivity index (χ4n) is 5.41. The van der Waals surface area contributed by atoms with E-state index in [1.807, 2.05) is 24.3 Å². The van der Waals surface area contributed by atoms with Gasteiger partial charge in [-0.3, -0.25) is 4.79 Å². The molecule has 2 nitrogen and oxygen atoms in total. The molecule has 3 aromatic rings. The lowest BCUT2D eigenvalue weighted by atomic mass is 9.74. The molecule has 0 saturated heterocycles. The fourth-order valence-corrected chi connectivity index (χ4v) is 6.24. The Morgan fingerprint density at radius 3 is 2.37 bits per heavy atom. The molecular weight excluding hydrogens is 410 g/mol. The third-order valence-corrected chi connectivity index (χ3v) is 7.83. The standard InChI is InChI=1S/C26H24ClNOS/c1-17-4-2-5-18-12-14-26(24(17)18)15-13-19-6-3-7-22(25(19)26)28-23(29)16-30-21-10-8-20(27)9-11-21/h2-11H,12-16H2,1H3,(H,28,29)/t26-/m1/s1. The van der Waals surface area contributed by atoms with Crippen molar-refractivity contribution in [3.8, 4) is 0 Å². The molecule has 0 heterocycles. The van der Waals surface area contributed by atoms with Gasteiger partial charge in [-0.1, -0.05) is 41.9 Å². The van der Waals surface area contributed by atoms with Crippen LogP contribution in [0.1, 0.15) is 40.7 Å². The number of carbonyl (C=O) groups is 1. The van der Waals surface area contributed by atoms with E-state index < -0.39 is 0 Å². The Balaban J connectivity index is 1.42. The molecule has 0 aromatic heterocycles. The van der Waals surface area contributed by atoms with E-state index in [-0.39, 0.29) is 11.3 Å². The van der Waals surface area contributed by atoms with Gasteiger partial charge < -0.3 is 5.32 Å². The Labute approximate surface area is 187 Å². The highest BCUT2D eigenvalue weighted by Crippen LogP contribution is 2.55. The minimum Gasteiger partial charge on any atom is -0.325 e. The van der Waals surface area contributed by atoms with Crippen molar-refractivity contribution in [3.63, 3.8) is 0 Å². The van der Waals surface area contributed by atoms with E-state index in [4.69, 9.17) is 11.6 Å². The van der Waals surface area contributed by atoms with Crippen LogP contribution in [-0.4, -0.2) is 11.7 Å². The summed E-state index contributed by atoms with van der Waals surface area (Å²) in [6, 6.07) is 20.7. The molecule has 0 saturated carbocycles. The van der Waals surface area contributed by atoms with E-state index in [1.165, 1.54) is 39.6 Å². The fraction of sp³-hybridized carbons (Fsp3) is 0.269. The quantitative estimate of drug-likeness (QED) is 0.472. The summed E-state index contributed by atoms with van der Waals surface area (Å²) < 4.78 is 0. The number of fused-ring (bicyclic) bond motifs is 4. The zero-order chi connectivity index (χ0) is 20.7. The van der Waals surface area contributed by atoms with Crippen LogP contribution in [0.4, 0.5) is 5.69 Å². The van der Waals surface area contributed by atoms with Gasteiger partial charge in [-0.2, -0.15) is 0 Å². The van der Waals surface area contributed by atoms with E-state index in [2.05, 4.69) is 48.6 Å². The third kappa shape index (κ3) is 3.34. The van der Waals surface area contributed by atoms with Gasteiger partial charge in [0.2, 0.25) is 5.91 Å². The molecule has 1 amide bonds. The van der Waals surface area contributed by atoms with Gasteiger partial charge in [-0.25, -0.2) is 0 Å². The third-order valence-electron chi connectivity index (χ3n) is 6.57. The van der Waals surface area contributed by atoms with E-state index in [1.54, 1.807) is 0 Å². The second kappa shape index (κ2) is 7.79. The SMILES string of the molecule is Cc1cccc2c1[C@@]1(CC2)CCc2cccc(NC(=O)CSc3ccc(Cl)cc3)c21. The largest absolute Gasteiger partial charge is 0.325 e. The molecule has 0 aliphatic heterocycles. The minimum absolute atomic E-state index is 0.0356. The summed E-state index contributed by atoms with van der Waals surface area (Å²) >= 11 is 7.49. The summed E-state index contributed by atoms with van der Waals surface area (Å²) in [5.74, 6) is 0.418. The molecule has 4 heteroatoms. The van der Waals surface area contributed by atoms with E-state index >= 15 is 0 Å². The first-order valence-corrected chi connectivity index (χ1v) is 11.8. The number of rotatable bonds is 4. The second-order valence-electron chi connectivity index (χ2n) is 8.32. The molecule has 2 aliphatic carbocycles. The average Bonchev–Trinajstić information content (AvgIpc) is 3.31. The first-order chi connectivity index (χ1) is 14.6. The normalized spacial score (nSPS) is 19.0. The Morgan fingerprint density at radius 2 is 1.63 bits per heavy atom. The summed E-state index contributed by atoms with van der Waals surface area (Å²) in [6.45, 7) is 2.23. The van der Waals surface area contributed by atoms with Gasteiger partial charge in [-0.15, -0.1) is 11.8 Å². The number of thioether (sulfide) groups is 1. The number of amides is 1. The number of nitrogens with one attached hydrogen (secondary N) is 1. The first kappa shape index (κ1) is 19.7. The van der Waals surface area contributed by atoms with Crippen LogP contribution < -0.4 is 5.32 Å². The van der Waals surface area contributed by atoms with Crippen molar-refractivity contribution in [1.82, 2.24) is 0 Å². The van der Waals surface area contributed by atoms with Gasteiger partial charge in [0, 0.05) is 21.0 Å². The van der Waals surface area contributed by atoms with Crippen molar-refractivity contribution in [2.75, 3.05) is 11.1 Å². The minimum atomic E-state index is 0.0356. The van der Waals surface area contributed by atoms with Crippen molar-refractivity contribution in [3.05, 3.63) is 93.5 Å². The van der Waals surface area contributed by atoms with Gasteiger partial charge in [-0.05, 0) is 90.8 Å². The van der Waals surface area contributed by atoms with Crippen LogP contribution in [0.5, 0.6) is 0 Å². The summed E-state index contributed by atoms with van der Waals surface area (Å²) in [4.78, 5) is 13.9. The summed E-state index contributed by atoms with van der Waals surface area (Å²) in [5, 5.41) is 3.95. The molecule has 3 aromatic carbocycles. The Hall–Kier alpha value is -2.23. The lowest BCUT2D eigenvalue weighted by Gasteiger charge is -2.30. The maximum Gasteiger partial charge on any atom is 0.234 e. The highest BCUT2D eigenvalue weighted by molar-refractivity contribution is 8.00. The van der Waals surface area contributed by atoms with Crippen molar-refractivity contribution < 1.29 is 4.79 Å². The molecule has 1 N–H and O–H groups in total. The van der Waals surface area contributed by atoms with E-state index in [0.29, 0.717) is 10.8 Å². The van der Waals surface area contributed by atoms with Crippen LogP contribution in [0.3, 0.4) is 0 Å². The van der Waals surface area contributed by atoms with Crippen LogP contribution in [0.2, 0.25) is 5.02 Å². The number of hydrogen-bond donors (Lipinski definition) is 1. The molecule has 30 heavy (non-hydrogen) atoms. The number of benzene rings is 3. The number of anilines is 1. The lowest BCUT2D eigenvalue weighted by molar-refractivity contribution is -0.113. The predicted molar refractivity (Wildman–Crippen MR) is 126 cm³/mol. The van der Waals surface area contributed by atoms with E-state index in [0.717, 1.165) is 36.3 Å². The predicted octanol–water partition coefficient (Wildman–Crippen LogP) is 6.56. The monoisotopic (exact) mass is 433 g/mol. The molecule has 1 atom stereocenters. The molecule has 2 aliphatic rings. The van der Waals surface area contributed by atoms with Gasteiger partial charge >= 0.3 is 0 Å². The van der Waals surface area contributed by atoms with Crippen LogP contribution >= 0.6 is 23.4 Å². The van der Waals surface area contributed by atoms with Gasteiger partial charge in [0.1, 0.15) is 0 Å². The van der Waals surface area contributed by atoms with Crippen LogP contribution in [-0.2, 0) is 23.1 Å². The Morgan fingerprint density at radius 1 is 0.967 bits per heavy atom. The number of aryl methyl sites for hydroxylation is 3. The smallest absolute Gasteiger partial charge is 0.234 e. The zero-order valence-electron chi connectivity index (χ0n) is 17.0. The summed E-state index contributed by atoms with van der Waals surface area (Å²) in [6.07, 6.45) is 4.46. The maximum atomic E-state index is 12.8. The summed E-state index contributed by atoms with van der Waals surface area (Å²) in [5.41, 5.74) is 8.11. The molecule has 152 valence electrons. The van der Waals surface area contributed by atoms with Gasteiger partial charge in [0.05, 0.1) is 5.75 Å². The van der Waals surface area contributed by atoms with Crippen LogP contribution in [0.15, 0.2) is 65.6 Å². The number of carbonyl (C=O) groups excluding carboxylic acids is 1. The topological polar surface area (TPSA) is 29.1 Å². The summed E-state index contributed by atoms with van der Waals surface area (Å²) in [7, 11) is 0. The molecule has 0 bridgehead atoms. The molecular formula is C26H24ClNOS. The number of halogens is 1. The Kier molecular flexibility index (Phi) is 5.12. The van der Waals surface area contributed by atoms with E-state index in [9.17, 15) is 4.79 Å². The zero-order valence-corrected chi connectivity index (χ0v) is 18.6. The average molecular weight is 434 g/mol. The van der Waals surface area contributed by atoms with Crippen molar-refractivity contribution in [2.24, 2.45) is 0 Å². The van der Waals surface area contributed by atoms with Gasteiger partial charge in [0.25, 0.3) is 0 Å².